The first-order valence-corrected chi connectivity index (χ1v) is 6.10. The summed E-state index contributed by atoms with van der Waals surface area (Å²) in [6.07, 6.45) is 1.27. The zero-order valence-electron chi connectivity index (χ0n) is 10.9. The minimum atomic E-state index is -0.531. The van der Waals surface area contributed by atoms with Crippen LogP contribution in [0, 0.1) is 0 Å². The van der Waals surface area contributed by atoms with Crippen molar-refractivity contribution in [3.63, 3.8) is 0 Å². The van der Waals surface area contributed by atoms with E-state index in [1.165, 1.54) is 7.11 Å². The smallest absolute Gasteiger partial charge is 0.248 e. The first-order chi connectivity index (χ1) is 9.06. The van der Waals surface area contributed by atoms with Gasteiger partial charge in [-0.05, 0) is 24.6 Å². The maximum Gasteiger partial charge on any atom is 0.248 e. The van der Waals surface area contributed by atoms with Crippen molar-refractivity contribution in [3.8, 4) is 5.75 Å². The molecule has 0 bridgehead atoms. The second-order valence-corrected chi connectivity index (χ2v) is 4.36. The van der Waals surface area contributed by atoms with E-state index in [1.54, 1.807) is 18.2 Å². The molecule has 1 aromatic carbocycles. The van der Waals surface area contributed by atoms with Crippen LogP contribution in [0.15, 0.2) is 18.2 Å². The van der Waals surface area contributed by atoms with Crippen LogP contribution < -0.4 is 10.5 Å². The molecule has 0 saturated heterocycles. The number of rotatable bonds is 5. The molecule has 5 heteroatoms. The fraction of sp³-hybridized carbons (Fsp3) is 0.286. The maximum atomic E-state index is 11.9. The monoisotopic (exact) mass is 260 g/mol. The van der Waals surface area contributed by atoms with Crippen LogP contribution in [-0.4, -0.2) is 23.8 Å². The Morgan fingerprint density at radius 1 is 1.32 bits per heavy atom. The molecule has 0 atom stereocenters. The molecule has 5 nitrogen and oxygen atoms in total. The van der Waals surface area contributed by atoms with E-state index in [0.717, 1.165) is 11.8 Å². The van der Waals surface area contributed by atoms with Gasteiger partial charge >= 0.3 is 0 Å². The average molecular weight is 260 g/mol. The Balaban J connectivity index is 2.57. The van der Waals surface area contributed by atoms with E-state index >= 15 is 0 Å². The Labute approximate surface area is 110 Å². The van der Waals surface area contributed by atoms with Crippen LogP contribution in [0.2, 0.25) is 0 Å². The predicted molar refractivity (Wildman–Crippen MR) is 72.6 cm³/mol. The van der Waals surface area contributed by atoms with Gasteiger partial charge in [0.15, 0.2) is 5.78 Å². The maximum absolute atomic E-state index is 11.9. The minimum Gasteiger partial charge on any atom is -0.496 e. The Morgan fingerprint density at radius 2 is 2.05 bits per heavy atom. The Morgan fingerprint density at radius 3 is 2.63 bits per heavy atom. The van der Waals surface area contributed by atoms with Crippen LogP contribution in [0.5, 0.6) is 5.75 Å². The molecule has 0 aliphatic heterocycles. The summed E-state index contributed by atoms with van der Waals surface area (Å²) in [7, 11) is 1.51. The van der Waals surface area contributed by atoms with Gasteiger partial charge in [0.2, 0.25) is 5.91 Å². The van der Waals surface area contributed by atoms with Gasteiger partial charge in [-0.3, -0.25) is 9.59 Å². The lowest BCUT2D eigenvalue weighted by Gasteiger charge is -2.03. The molecule has 0 aliphatic rings. The van der Waals surface area contributed by atoms with Crippen LogP contribution >= 0.6 is 0 Å². The molecule has 1 heterocycles. The molecular weight excluding hydrogens is 244 g/mol. The number of methoxy groups -OCH3 is 1. The average Bonchev–Trinajstić information content (AvgIpc) is 2.81. The van der Waals surface area contributed by atoms with Gasteiger partial charge in [0.1, 0.15) is 5.75 Å². The number of aromatic nitrogens is 1. The molecule has 100 valence electrons. The quantitative estimate of drug-likeness (QED) is 0.808. The number of primary amides is 1. The number of carbonyl (C=O) groups is 2. The van der Waals surface area contributed by atoms with E-state index < -0.39 is 5.91 Å². The van der Waals surface area contributed by atoms with Crippen LogP contribution in [0.1, 0.15) is 40.6 Å². The number of benzene rings is 1. The van der Waals surface area contributed by atoms with Gasteiger partial charge in [0.05, 0.1) is 18.3 Å². The number of fused-ring (bicyclic) bond motifs is 1. The van der Waals surface area contributed by atoms with Gasteiger partial charge in [-0.15, -0.1) is 0 Å². The number of ether oxygens (including phenoxy) is 1. The lowest BCUT2D eigenvalue weighted by molar-refractivity contribution is 0.0975. The molecule has 1 amide bonds. The van der Waals surface area contributed by atoms with Gasteiger partial charge in [0, 0.05) is 17.4 Å². The first kappa shape index (κ1) is 13.1. The van der Waals surface area contributed by atoms with E-state index in [9.17, 15) is 9.59 Å². The van der Waals surface area contributed by atoms with Crippen molar-refractivity contribution < 1.29 is 14.3 Å². The molecule has 0 fully saturated rings. The molecule has 0 unspecified atom stereocenters. The Kier molecular flexibility index (Phi) is 3.55. The van der Waals surface area contributed by atoms with Crippen LogP contribution in [0.25, 0.3) is 10.9 Å². The Bertz CT molecular complexity index is 643. The zero-order valence-corrected chi connectivity index (χ0v) is 10.9. The highest BCUT2D eigenvalue weighted by atomic mass is 16.5. The van der Waals surface area contributed by atoms with Crippen molar-refractivity contribution in [1.29, 1.82) is 0 Å². The third kappa shape index (κ3) is 2.45. The van der Waals surface area contributed by atoms with Crippen LogP contribution in [0.3, 0.4) is 0 Å². The van der Waals surface area contributed by atoms with Crippen molar-refractivity contribution in [3.05, 3.63) is 29.5 Å². The van der Waals surface area contributed by atoms with Gasteiger partial charge in [0.25, 0.3) is 0 Å². The van der Waals surface area contributed by atoms with E-state index in [2.05, 4.69) is 4.98 Å². The van der Waals surface area contributed by atoms with E-state index in [-0.39, 0.29) is 5.78 Å². The molecular formula is C14H16N2O3. The second kappa shape index (κ2) is 5.14. The van der Waals surface area contributed by atoms with Crippen LogP contribution in [0.4, 0.5) is 0 Å². The number of H-pyrrole nitrogens is 1. The van der Waals surface area contributed by atoms with Crippen molar-refractivity contribution >= 4 is 22.6 Å². The van der Waals surface area contributed by atoms with E-state index in [4.69, 9.17) is 10.5 Å². The molecule has 0 saturated carbocycles. The number of nitrogens with one attached hydrogen (secondary N) is 1. The number of nitrogens with two attached hydrogens (primary N) is 1. The summed E-state index contributed by atoms with van der Waals surface area (Å²) < 4.78 is 5.23. The lowest BCUT2D eigenvalue weighted by Crippen LogP contribution is -2.10. The topological polar surface area (TPSA) is 85.2 Å². The highest BCUT2D eigenvalue weighted by molar-refractivity contribution is 6.03. The second-order valence-electron chi connectivity index (χ2n) is 4.36. The summed E-state index contributed by atoms with van der Waals surface area (Å²) in [5, 5.41) is 0.770. The number of hydrogen-bond donors (Lipinski definition) is 2. The highest BCUT2D eigenvalue weighted by Crippen LogP contribution is 2.28. The summed E-state index contributed by atoms with van der Waals surface area (Å²) in [5.74, 6) is 0.0377. The summed E-state index contributed by atoms with van der Waals surface area (Å²) in [6, 6.07) is 4.95. The van der Waals surface area contributed by atoms with Gasteiger partial charge < -0.3 is 15.5 Å². The molecule has 0 spiro atoms. The largest absolute Gasteiger partial charge is 0.496 e. The fourth-order valence-corrected chi connectivity index (χ4v) is 2.03. The summed E-state index contributed by atoms with van der Waals surface area (Å²) in [6.45, 7) is 1.95. The van der Waals surface area contributed by atoms with Crippen molar-refractivity contribution in [1.82, 2.24) is 4.98 Å². The van der Waals surface area contributed by atoms with E-state index in [1.807, 2.05) is 6.92 Å². The van der Waals surface area contributed by atoms with Crippen molar-refractivity contribution in [2.45, 2.75) is 19.8 Å². The molecule has 3 N–H and O–H groups in total. The number of carbonyl (C=O) groups excluding carboxylic acids is 2. The third-order valence-electron chi connectivity index (χ3n) is 2.98. The number of amides is 1. The van der Waals surface area contributed by atoms with E-state index in [0.29, 0.717) is 28.9 Å². The highest BCUT2D eigenvalue weighted by Gasteiger charge is 2.14. The summed E-state index contributed by atoms with van der Waals surface area (Å²) in [4.78, 5) is 26.1. The third-order valence-corrected chi connectivity index (χ3v) is 2.98. The lowest BCUT2D eigenvalue weighted by atomic mass is 10.1. The number of hydrogen-bond acceptors (Lipinski definition) is 3. The first-order valence-electron chi connectivity index (χ1n) is 6.10. The van der Waals surface area contributed by atoms with Gasteiger partial charge in [-0.2, -0.15) is 0 Å². The molecule has 2 rings (SSSR count). The molecule has 19 heavy (non-hydrogen) atoms. The SMILES string of the molecule is CCCC(=O)c1cc2c(OC)cc(C(N)=O)cc2[nH]1. The summed E-state index contributed by atoms with van der Waals surface area (Å²) in [5.41, 5.74) is 6.81. The minimum absolute atomic E-state index is 0.0429. The van der Waals surface area contributed by atoms with Crippen LogP contribution in [-0.2, 0) is 0 Å². The number of ketones is 1. The number of Topliss-reactive ketones (excluding diaryl/α,β-unsaturated/α-hetero) is 1. The summed E-state index contributed by atoms with van der Waals surface area (Å²) >= 11 is 0. The predicted octanol–water partition coefficient (Wildman–Crippen LogP) is 2.26. The van der Waals surface area contributed by atoms with Gasteiger partial charge in [-0.1, -0.05) is 6.92 Å². The zero-order chi connectivity index (χ0) is 14.0. The normalized spacial score (nSPS) is 10.6. The molecule has 2 aromatic rings. The Hall–Kier alpha value is -2.30. The standard InChI is InChI=1S/C14H16N2O3/c1-3-4-12(17)11-7-9-10(16-11)5-8(14(15)18)6-13(9)19-2/h5-7,16H,3-4H2,1-2H3,(H2,15,18). The molecule has 0 radical (unpaired) electrons. The van der Waals surface area contributed by atoms with Gasteiger partial charge in [-0.25, -0.2) is 0 Å². The number of aromatic amines is 1. The van der Waals surface area contributed by atoms with Crippen molar-refractivity contribution in [2.24, 2.45) is 5.73 Å². The molecule has 0 aliphatic carbocycles. The molecule has 1 aromatic heterocycles. The van der Waals surface area contributed by atoms with Crippen molar-refractivity contribution in [2.75, 3.05) is 7.11 Å². The fourth-order valence-electron chi connectivity index (χ4n) is 2.03.